The average Bonchev–Trinajstić information content (AvgIpc) is 2.74. The number of nitriles is 1. The molecule has 0 unspecified atom stereocenters. The number of nitrogens with one attached hydrogen (secondary N) is 1. The Bertz CT molecular complexity index is 1210. The van der Waals surface area contributed by atoms with Crippen molar-refractivity contribution in [1.29, 1.82) is 5.26 Å². The zero-order valence-corrected chi connectivity index (χ0v) is 19.1. The zero-order valence-electron chi connectivity index (χ0n) is 16.7. The van der Waals surface area contributed by atoms with Crippen molar-refractivity contribution in [3.05, 3.63) is 59.1 Å². The summed E-state index contributed by atoms with van der Waals surface area (Å²) in [5.41, 5.74) is 2.08. The van der Waals surface area contributed by atoms with Crippen molar-refractivity contribution >= 4 is 44.9 Å². The van der Waals surface area contributed by atoms with Gasteiger partial charge in [-0.3, -0.25) is 0 Å². The molecule has 3 rings (SSSR count). The van der Waals surface area contributed by atoms with E-state index in [0.29, 0.717) is 27.4 Å². The topological polar surface area (TPSA) is 122 Å². The lowest BCUT2D eigenvalue weighted by Gasteiger charge is -2.13. The van der Waals surface area contributed by atoms with Crippen LogP contribution in [0.4, 0.5) is 11.5 Å². The molecule has 7 nitrogen and oxygen atoms in total. The minimum absolute atomic E-state index is 0.00101. The monoisotopic (exact) mass is 473 g/mol. The first kappa shape index (κ1) is 23.0. The SMILES string of the molecule is CCCCSc1nc(Nc2ccc(S(N)(=O)=O)cc2)c(C#N)c(-c2ccc(Cl)cc2)n1. The van der Waals surface area contributed by atoms with Gasteiger partial charge in [-0.2, -0.15) is 5.26 Å². The van der Waals surface area contributed by atoms with Crippen LogP contribution in [0.25, 0.3) is 11.3 Å². The normalized spacial score (nSPS) is 11.2. The lowest BCUT2D eigenvalue weighted by atomic mass is 10.1. The van der Waals surface area contributed by atoms with Gasteiger partial charge in [-0.15, -0.1) is 0 Å². The molecule has 0 saturated carbocycles. The molecule has 0 spiro atoms. The van der Waals surface area contributed by atoms with Gasteiger partial charge < -0.3 is 5.32 Å². The number of rotatable bonds is 8. The Hall–Kier alpha value is -2.64. The van der Waals surface area contributed by atoms with Gasteiger partial charge in [0.1, 0.15) is 11.6 Å². The highest BCUT2D eigenvalue weighted by atomic mass is 35.5. The van der Waals surface area contributed by atoms with E-state index in [1.54, 1.807) is 36.4 Å². The second-order valence-corrected chi connectivity index (χ2v) is 9.65. The van der Waals surface area contributed by atoms with Crippen LogP contribution in [-0.2, 0) is 10.0 Å². The van der Waals surface area contributed by atoms with Crippen LogP contribution in [0.3, 0.4) is 0 Å². The summed E-state index contributed by atoms with van der Waals surface area (Å²) in [6, 6.07) is 15.2. The van der Waals surface area contributed by atoms with E-state index in [1.807, 2.05) is 0 Å². The van der Waals surface area contributed by atoms with Crippen LogP contribution in [0, 0.1) is 11.3 Å². The number of hydrogen-bond donors (Lipinski definition) is 2. The molecule has 0 radical (unpaired) electrons. The lowest BCUT2D eigenvalue weighted by molar-refractivity contribution is 0.598. The van der Waals surface area contributed by atoms with Gasteiger partial charge in [0.15, 0.2) is 11.0 Å². The predicted molar refractivity (Wildman–Crippen MR) is 124 cm³/mol. The molecule has 0 amide bonds. The van der Waals surface area contributed by atoms with Crippen molar-refractivity contribution in [2.45, 2.75) is 29.8 Å². The van der Waals surface area contributed by atoms with Crippen molar-refractivity contribution in [2.75, 3.05) is 11.1 Å². The number of benzene rings is 2. The van der Waals surface area contributed by atoms with Gasteiger partial charge in [0.25, 0.3) is 0 Å². The van der Waals surface area contributed by atoms with Crippen LogP contribution >= 0.6 is 23.4 Å². The Kier molecular flexibility index (Phi) is 7.51. The van der Waals surface area contributed by atoms with E-state index in [-0.39, 0.29) is 10.5 Å². The van der Waals surface area contributed by atoms with Crippen LogP contribution in [0.1, 0.15) is 25.3 Å². The van der Waals surface area contributed by atoms with E-state index in [4.69, 9.17) is 16.7 Å². The molecule has 1 heterocycles. The molecule has 160 valence electrons. The van der Waals surface area contributed by atoms with Crippen molar-refractivity contribution in [3.8, 4) is 17.3 Å². The average molecular weight is 474 g/mol. The van der Waals surface area contributed by atoms with E-state index in [9.17, 15) is 13.7 Å². The van der Waals surface area contributed by atoms with E-state index in [1.165, 1.54) is 23.9 Å². The van der Waals surface area contributed by atoms with Gasteiger partial charge in [0.2, 0.25) is 10.0 Å². The standard InChI is InChI=1S/C21H20ClN5O2S2/c1-2-3-12-30-21-26-19(14-4-6-15(22)7-5-14)18(13-23)20(27-21)25-16-8-10-17(11-9-16)31(24,28)29/h4-11H,2-3,12H2,1H3,(H2,24,28,29)(H,25,26,27). The maximum atomic E-state index is 11.5. The van der Waals surface area contributed by atoms with Crippen LogP contribution in [0.15, 0.2) is 58.6 Å². The highest BCUT2D eigenvalue weighted by Crippen LogP contribution is 2.31. The highest BCUT2D eigenvalue weighted by Gasteiger charge is 2.17. The van der Waals surface area contributed by atoms with Crippen molar-refractivity contribution in [2.24, 2.45) is 5.14 Å². The minimum Gasteiger partial charge on any atom is -0.339 e. The Morgan fingerprint density at radius 3 is 2.39 bits per heavy atom. The van der Waals surface area contributed by atoms with Crippen LogP contribution in [0.2, 0.25) is 5.02 Å². The molecule has 31 heavy (non-hydrogen) atoms. The van der Waals surface area contributed by atoms with Gasteiger partial charge in [-0.25, -0.2) is 23.5 Å². The number of anilines is 2. The highest BCUT2D eigenvalue weighted by molar-refractivity contribution is 7.99. The maximum Gasteiger partial charge on any atom is 0.238 e. The number of halogens is 1. The molecular formula is C21H20ClN5O2S2. The molecule has 0 atom stereocenters. The third kappa shape index (κ3) is 5.95. The fourth-order valence-electron chi connectivity index (χ4n) is 2.69. The number of primary sulfonamides is 1. The first-order chi connectivity index (χ1) is 14.8. The number of unbranched alkanes of at least 4 members (excludes halogenated alkanes) is 1. The summed E-state index contributed by atoms with van der Waals surface area (Å²) in [4.78, 5) is 9.15. The molecule has 0 bridgehead atoms. The number of nitrogens with zero attached hydrogens (tertiary/aromatic N) is 3. The summed E-state index contributed by atoms with van der Waals surface area (Å²) < 4.78 is 23.0. The Labute approximate surface area is 190 Å². The second kappa shape index (κ2) is 10.1. The summed E-state index contributed by atoms with van der Waals surface area (Å²) >= 11 is 7.52. The molecule has 0 aliphatic heterocycles. The molecule has 1 aromatic heterocycles. The Morgan fingerprint density at radius 2 is 1.81 bits per heavy atom. The predicted octanol–water partition coefficient (Wildman–Crippen LogP) is 4.95. The van der Waals surface area contributed by atoms with Crippen molar-refractivity contribution in [3.63, 3.8) is 0 Å². The molecule has 0 aliphatic rings. The molecule has 3 aromatic rings. The van der Waals surface area contributed by atoms with Crippen molar-refractivity contribution < 1.29 is 8.42 Å². The molecule has 3 N–H and O–H groups in total. The lowest BCUT2D eigenvalue weighted by Crippen LogP contribution is -2.12. The number of thioether (sulfide) groups is 1. The Balaban J connectivity index is 2.04. The fraction of sp³-hybridized carbons (Fsp3) is 0.190. The van der Waals surface area contributed by atoms with E-state index >= 15 is 0 Å². The van der Waals surface area contributed by atoms with E-state index < -0.39 is 10.0 Å². The first-order valence-corrected chi connectivity index (χ1v) is 12.3. The second-order valence-electron chi connectivity index (χ2n) is 6.59. The third-order valence-electron chi connectivity index (χ3n) is 4.29. The molecule has 0 fully saturated rings. The summed E-state index contributed by atoms with van der Waals surface area (Å²) in [5.74, 6) is 1.19. The van der Waals surface area contributed by atoms with E-state index in [2.05, 4.69) is 28.3 Å². The molecule has 0 aliphatic carbocycles. The molecule has 10 heteroatoms. The third-order valence-corrected chi connectivity index (χ3v) is 6.41. The summed E-state index contributed by atoms with van der Waals surface area (Å²) in [5, 5.41) is 19.2. The largest absolute Gasteiger partial charge is 0.339 e. The zero-order chi connectivity index (χ0) is 22.4. The quantitative estimate of drug-likeness (QED) is 0.269. The van der Waals surface area contributed by atoms with E-state index in [0.717, 1.165) is 24.2 Å². The number of nitrogens with two attached hydrogens (primary N) is 1. The van der Waals surface area contributed by atoms with Gasteiger partial charge in [0, 0.05) is 22.0 Å². The van der Waals surface area contributed by atoms with Gasteiger partial charge >= 0.3 is 0 Å². The van der Waals surface area contributed by atoms with Crippen LogP contribution in [0.5, 0.6) is 0 Å². The van der Waals surface area contributed by atoms with Crippen LogP contribution < -0.4 is 10.5 Å². The summed E-state index contributed by atoms with van der Waals surface area (Å²) in [7, 11) is -3.79. The van der Waals surface area contributed by atoms with Gasteiger partial charge in [0.05, 0.1) is 10.6 Å². The number of aromatic nitrogens is 2. The summed E-state index contributed by atoms with van der Waals surface area (Å²) in [6.07, 6.45) is 2.07. The smallest absolute Gasteiger partial charge is 0.238 e. The molecule has 2 aromatic carbocycles. The molecular weight excluding hydrogens is 454 g/mol. The molecule has 0 saturated heterocycles. The van der Waals surface area contributed by atoms with Gasteiger partial charge in [-0.05, 0) is 42.8 Å². The fourth-order valence-corrected chi connectivity index (χ4v) is 4.26. The Morgan fingerprint density at radius 1 is 1.13 bits per heavy atom. The maximum absolute atomic E-state index is 11.5. The summed E-state index contributed by atoms with van der Waals surface area (Å²) in [6.45, 7) is 2.11. The number of sulfonamides is 1. The van der Waals surface area contributed by atoms with Crippen molar-refractivity contribution in [1.82, 2.24) is 9.97 Å². The number of hydrogen-bond acceptors (Lipinski definition) is 7. The first-order valence-electron chi connectivity index (χ1n) is 9.42. The minimum atomic E-state index is -3.79. The van der Waals surface area contributed by atoms with Crippen LogP contribution in [-0.4, -0.2) is 24.1 Å². The van der Waals surface area contributed by atoms with Gasteiger partial charge in [-0.1, -0.05) is 48.8 Å².